The van der Waals surface area contributed by atoms with E-state index in [1.165, 1.54) is 35.9 Å². The molecule has 0 aliphatic heterocycles. The van der Waals surface area contributed by atoms with E-state index in [4.69, 9.17) is 25.6 Å². The fourth-order valence-electron chi connectivity index (χ4n) is 1.91. The SMILES string of the molecule is CC(=O)O.CCOC(=O)C#N.CCOC(=O)c1nc2ccsc2c(=O)[nH]1.COC(=O)c1sccc1N. The number of carboxylic acid groups (broad SMARTS) is 1. The van der Waals surface area contributed by atoms with E-state index in [9.17, 15) is 19.2 Å². The van der Waals surface area contributed by atoms with Crippen LogP contribution in [-0.2, 0) is 23.8 Å². The minimum atomic E-state index is -0.833. The van der Waals surface area contributed by atoms with Crippen LogP contribution in [-0.4, -0.2) is 59.3 Å². The van der Waals surface area contributed by atoms with Crippen LogP contribution in [0.1, 0.15) is 41.1 Å². The van der Waals surface area contributed by atoms with Crippen LogP contribution in [0.15, 0.2) is 27.7 Å². The van der Waals surface area contributed by atoms with Crippen LogP contribution in [0, 0.1) is 11.3 Å². The van der Waals surface area contributed by atoms with Crippen molar-refractivity contribution in [1.82, 2.24) is 9.97 Å². The Morgan fingerprint density at radius 1 is 1.11 bits per heavy atom. The van der Waals surface area contributed by atoms with Crippen molar-refractivity contribution in [3.63, 3.8) is 0 Å². The highest BCUT2D eigenvalue weighted by atomic mass is 32.1. The number of hydrogen-bond donors (Lipinski definition) is 3. The van der Waals surface area contributed by atoms with E-state index in [1.807, 2.05) is 0 Å². The van der Waals surface area contributed by atoms with Gasteiger partial charge in [-0.15, -0.1) is 22.7 Å². The third kappa shape index (κ3) is 11.7. The number of aromatic amines is 1. The number of fused-ring (bicyclic) bond motifs is 1. The smallest absolute Gasteiger partial charge is 0.411 e. The number of carbonyl (C=O) groups excluding carboxylic acids is 3. The third-order valence-corrected chi connectivity index (χ3v) is 5.03. The molecule has 0 aliphatic rings. The molecule has 0 atom stereocenters. The van der Waals surface area contributed by atoms with Gasteiger partial charge in [-0.3, -0.25) is 14.6 Å². The predicted octanol–water partition coefficient (Wildman–Crippen LogP) is 2.44. The van der Waals surface area contributed by atoms with Crippen molar-refractivity contribution >= 4 is 62.5 Å². The second-order valence-corrected chi connectivity index (χ2v) is 7.65. The van der Waals surface area contributed by atoms with E-state index in [2.05, 4.69) is 19.4 Å². The normalized spacial score (nSPS) is 8.97. The summed E-state index contributed by atoms with van der Waals surface area (Å²) in [6.45, 7) is 4.95. The van der Waals surface area contributed by atoms with Gasteiger partial charge in [-0.2, -0.15) is 5.26 Å². The molecule has 0 spiro atoms. The van der Waals surface area contributed by atoms with Crippen molar-refractivity contribution in [2.24, 2.45) is 0 Å². The number of nitrogens with two attached hydrogens (primary N) is 1. The number of hydrogen-bond acceptors (Lipinski definition) is 13. The van der Waals surface area contributed by atoms with Gasteiger partial charge in [0.1, 0.15) is 9.58 Å². The number of aromatic nitrogens is 2. The molecule has 0 bridgehead atoms. The first-order valence-corrected chi connectivity index (χ1v) is 11.6. The van der Waals surface area contributed by atoms with Gasteiger partial charge in [-0.05, 0) is 36.7 Å². The van der Waals surface area contributed by atoms with E-state index in [0.29, 0.717) is 20.8 Å². The average Bonchev–Trinajstić information content (AvgIpc) is 3.48. The Morgan fingerprint density at radius 2 is 1.69 bits per heavy atom. The molecule has 36 heavy (non-hydrogen) atoms. The molecule has 3 aromatic heterocycles. The van der Waals surface area contributed by atoms with Gasteiger partial charge in [0, 0.05) is 6.92 Å². The molecule has 3 rings (SSSR count). The number of nitriles is 1. The van der Waals surface area contributed by atoms with Gasteiger partial charge in [0.15, 0.2) is 6.07 Å². The lowest BCUT2D eigenvalue weighted by atomic mass is 10.4. The number of rotatable bonds is 4. The van der Waals surface area contributed by atoms with Gasteiger partial charge in [0.05, 0.1) is 31.5 Å². The first-order valence-electron chi connectivity index (χ1n) is 9.84. The summed E-state index contributed by atoms with van der Waals surface area (Å²) in [5.41, 5.74) is 6.12. The fraction of sp³-hybridized carbons (Fsp3) is 0.286. The van der Waals surface area contributed by atoms with E-state index in [1.54, 1.807) is 36.7 Å². The number of thiophene rings is 2. The lowest BCUT2D eigenvalue weighted by Crippen LogP contribution is -2.16. The van der Waals surface area contributed by atoms with Crippen LogP contribution < -0.4 is 11.3 Å². The quantitative estimate of drug-likeness (QED) is 0.247. The van der Waals surface area contributed by atoms with Crippen molar-refractivity contribution in [2.75, 3.05) is 26.1 Å². The van der Waals surface area contributed by atoms with Gasteiger partial charge >= 0.3 is 17.9 Å². The molecular weight excluding hydrogens is 516 g/mol. The number of aliphatic carboxylic acids is 1. The third-order valence-electron chi connectivity index (χ3n) is 3.22. The summed E-state index contributed by atoms with van der Waals surface area (Å²) < 4.78 is 13.9. The highest BCUT2D eigenvalue weighted by Crippen LogP contribution is 2.19. The molecule has 0 saturated heterocycles. The molecule has 0 unspecified atom stereocenters. The molecule has 4 N–H and O–H groups in total. The highest BCUT2D eigenvalue weighted by Gasteiger charge is 2.12. The average molecular weight is 541 g/mol. The van der Waals surface area contributed by atoms with E-state index in [0.717, 1.165) is 6.92 Å². The van der Waals surface area contributed by atoms with Crippen molar-refractivity contribution in [1.29, 1.82) is 5.26 Å². The maximum absolute atomic E-state index is 11.5. The van der Waals surface area contributed by atoms with E-state index < -0.39 is 17.9 Å². The summed E-state index contributed by atoms with van der Waals surface area (Å²) in [5.74, 6) is -2.68. The second-order valence-electron chi connectivity index (χ2n) is 5.82. The summed E-state index contributed by atoms with van der Waals surface area (Å²) in [5, 5.41) is 18.7. The predicted molar refractivity (Wildman–Crippen MR) is 132 cm³/mol. The lowest BCUT2D eigenvalue weighted by molar-refractivity contribution is -0.136. The van der Waals surface area contributed by atoms with Crippen LogP contribution in [0.5, 0.6) is 0 Å². The maximum atomic E-state index is 11.5. The summed E-state index contributed by atoms with van der Waals surface area (Å²) >= 11 is 2.57. The van der Waals surface area contributed by atoms with Gasteiger partial charge < -0.3 is 25.1 Å². The summed E-state index contributed by atoms with van der Waals surface area (Å²) in [7, 11) is 1.33. The highest BCUT2D eigenvalue weighted by molar-refractivity contribution is 7.17. The van der Waals surface area contributed by atoms with Gasteiger partial charge in [-0.1, -0.05) is 0 Å². The molecule has 0 aliphatic carbocycles. The van der Waals surface area contributed by atoms with E-state index >= 15 is 0 Å². The van der Waals surface area contributed by atoms with Gasteiger partial charge in [0.2, 0.25) is 5.82 Å². The van der Waals surface area contributed by atoms with Crippen LogP contribution in [0.4, 0.5) is 5.69 Å². The molecule has 0 aromatic carbocycles. The molecule has 0 amide bonds. The Hall–Kier alpha value is -4.29. The first-order chi connectivity index (χ1) is 17.0. The fourth-order valence-corrected chi connectivity index (χ4v) is 3.37. The standard InChI is InChI=1S/C9H8N2O3S.C6H7NO2S.C4H5NO2.C2H4O2/c1-2-14-9(13)7-10-5-3-4-15-6(5)8(12)11-7;1-9-6(8)5-4(7)2-3-10-5;1-2-7-4(6)3-5;1-2(3)4/h3-4H,2H2,1H3,(H,10,11,12);2-3H,7H2,1H3;2H2,1H3;1H3,(H,3,4). The second kappa shape index (κ2) is 17.2. The van der Waals surface area contributed by atoms with Crippen molar-refractivity contribution in [3.05, 3.63) is 43.9 Å². The minimum Gasteiger partial charge on any atom is -0.481 e. The first kappa shape index (κ1) is 31.7. The van der Waals surface area contributed by atoms with Crippen LogP contribution in [0.3, 0.4) is 0 Å². The molecule has 15 heteroatoms. The Morgan fingerprint density at radius 3 is 2.14 bits per heavy atom. The molecule has 3 heterocycles. The maximum Gasteiger partial charge on any atom is 0.411 e. The molecule has 0 saturated carbocycles. The number of methoxy groups -OCH3 is 1. The summed E-state index contributed by atoms with van der Waals surface area (Å²) in [6.07, 6.45) is 0. The molecule has 0 radical (unpaired) electrons. The number of anilines is 1. The zero-order chi connectivity index (χ0) is 27.7. The van der Waals surface area contributed by atoms with Crippen molar-refractivity contribution in [2.45, 2.75) is 20.8 Å². The van der Waals surface area contributed by atoms with E-state index in [-0.39, 0.29) is 30.6 Å². The number of H-pyrrole nitrogens is 1. The monoisotopic (exact) mass is 540 g/mol. The molecule has 3 aromatic rings. The Kier molecular flexibility index (Phi) is 15.1. The largest absolute Gasteiger partial charge is 0.481 e. The molecule has 0 fully saturated rings. The molecule has 194 valence electrons. The topological polar surface area (TPSA) is 212 Å². The van der Waals surface area contributed by atoms with Gasteiger partial charge in [0.25, 0.3) is 11.5 Å². The molecular formula is C21H24N4O9S2. The van der Waals surface area contributed by atoms with Crippen LogP contribution >= 0.6 is 22.7 Å². The zero-order valence-corrected chi connectivity index (χ0v) is 21.4. The summed E-state index contributed by atoms with van der Waals surface area (Å²) in [6, 6.07) is 4.67. The number of nitrogen functional groups attached to an aromatic ring is 1. The Balaban J connectivity index is 0.000000507. The summed E-state index contributed by atoms with van der Waals surface area (Å²) in [4.78, 5) is 59.3. The van der Waals surface area contributed by atoms with Crippen molar-refractivity contribution < 1.29 is 38.5 Å². The number of carboxylic acids is 1. The van der Waals surface area contributed by atoms with Gasteiger partial charge in [-0.25, -0.2) is 19.4 Å². The Labute approximate surface area is 213 Å². The van der Waals surface area contributed by atoms with Crippen LogP contribution in [0.2, 0.25) is 0 Å². The number of esters is 3. The minimum absolute atomic E-state index is 0.0484. The lowest BCUT2D eigenvalue weighted by Gasteiger charge is -1.99. The number of carbonyl (C=O) groups is 4. The number of ether oxygens (including phenoxy) is 3. The Bertz CT molecular complexity index is 1250. The zero-order valence-electron chi connectivity index (χ0n) is 19.7. The van der Waals surface area contributed by atoms with Crippen LogP contribution in [0.25, 0.3) is 10.2 Å². The number of nitrogens with zero attached hydrogens (tertiary/aromatic N) is 2. The van der Waals surface area contributed by atoms with Crippen molar-refractivity contribution in [3.8, 4) is 6.07 Å². The number of nitrogens with one attached hydrogen (secondary N) is 1. The molecule has 13 nitrogen and oxygen atoms in total.